The molecule has 0 aromatic heterocycles. The molecule has 1 aromatic rings. The van der Waals surface area contributed by atoms with Crippen molar-refractivity contribution in [1.82, 2.24) is 0 Å². The summed E-state index contributed by atoms with van der Waals surface area (Å²) in [4.78, 5) is 0. The topological polar surface area (TPSA) is 53.7 Å². The molecule has 0 fully saturated rings. The normalized spacial score (nSPS) is 14.2. The second-order valence-corrected chi connectivity index (χ2v) is 4.49. The highest BCUT2D eigenvalue weighted by Crippen LogP contribution is 2.42. The maximum atomic E-state index is 6.09. The van der Waals surface area contributed by atoms with Crippen LogP contribution < -0.4 is 15.2 Å². The van der Waals surface area contributed by atoms with E-state index in [1.165, 1.54) is 0 Å². The Morgan fingerprint density at radius 1 is 1.31 bits per heavy atom. The van der Waals surface area contributed by atoms with E-state index in [-0.39, 0.29) is 6.79 Å². The fourth-order valence-electron chi connectivity index (χ4n) is 1.83. The summed E-state index contributed by atoms with van der Waals surface area (Å²) in [5.41, 5.74) is 7.59. The first-order valence-corrected chi connectivity index (χ1v) is 5.24. The molecular weight excluding hydrogens is 206 g/mol. The van der Waals surface area contributed by atoms with Gasteiger partial charge in [-0.2, -0.15) is 0 Å². The molecule has 1 aliphatic heterocycles. The van der Waals surface area contributed by atoms with Gasteiger partial charge in [-0.25, -0.2) is 0 Å². The molecule has 2 rings (SSSR count). The van der Waals surface area contributed by atoms with E-state index in [1.54, 1.807) is 7.11 Å². The minimum absolute atomic E-state index is 0.249. The molecule has 1 aromatic carbocycles. The van der Waals surface area contributed by atoms with E-state index in [1.807, 2.05) is 26.0 Å². The van der Waals surface area contributed by atoms with Gasteiger partial charge in [-0.05, 0) is 13.8 Å². The van der Waals surface area contributed by atoms with Crippen molar-refractivity contribution >= 4 is 0 Å². The number of fused-ring (bicyclic) bond motifs is 1. The van der Waals surface area contributed by atoms with Gasteiger partial charge in [-0.1, -0.05) is 12.1 Å². The van der Waals surface area contributed by atoms with Gasteiger partial charge in [0.2, 0.25) is 6.79 Å². The molecule has 4 heteroatoms. The predicted octanol–water partition coefficient (Wildman–Crippen LogP) is 1.76. The Kier molecular flexibility index (Phi) is 2.78. The highest BCUT2D eigenvalue weighted by molar-refractivity contribution is 5.55. The van der Waals surface area contributed by atoms with E-state index in [0.29, 0.717) is 6.61 Å². The molecular formula is C12H17NO3. The largest absolute Gasteiger partial charge is 0.453 e. The quantitative estimate of drug-likeness (QED) is 0.848. The lowest BCUT2D eigenvalue weighted by atomic mass is 9.93. The summed E-state index contributed by atoms with van der Waals surface area (Å²) < 4.78 is 16.1. The molecule has 0 unspecified atom stereocenters. The zero-order chi connectivity index (χ0) is 11.8. The lowest BCUT2D eigenvalue weighted by Crippen LogP contribution is -2.29. The SMILES string of the molecule is COCc1ccc(C(C)(C)N)c2c1OCO2. The Morgan fingerprint density at radius 3 is 2.62 bits per heavy atom. The monoisotopic (exact) mass is 223 g/mol. The van der Waals surface area contributed by atoms with Gasteiger partial charge in [-0.15, -0.1) is 0 Å². The van der Waals surface area contributed by atoms with Crippen LogP contribution in [0.15, 0.2) is 12.1 Å². The van der Waals surface area contributed by atoms with Gasteiger partial charge >= 0.3 is 0 Å². The van der Waals surface area contributed by atoms with Gasteiger partial charge in [0.25, 0.3) is 0 Å². The van der Waals surface area contributed by atoms with E-state index < -0.39 is 5.54 Å². The molecule has 0 spiro atoms. The number of benzene rings is 1. The van der Waals surface area contributed by atoms with E-state index in [4.69, 9.17) is 19.9 Å². The van der Waals surface area contributed by atoms with E-state index in [2.05, 4.69) is 0 Å². The van der Waals surface area contributed by atoms with Crippen LogP contribution in [-0.2, 0) is 16.9 Å². The van der Waals surface area contributed by atoms with Gasteiger partial charge in [0.15, 0.2) is 11.5 Å². The van der Waals surface area contributed by atoms with Crippen LogP contribution in [0, 0.1) is 0 Å². The van der Waals surface area contributed by atoms with E-state index >= 15 is 0 Å². The molecule has 2 N–H and O–H groups in total. The second-order valence-electron chi connectivity index (χ2n) is 4.49. The predicted molar refractivity (Wildman–Crippen MR) is 60.5 cm³/mol. The third-order valence-corrected chi connectivity index (χ3v) is 2.59. The van der Waals surface area contributed by atoms with Crippen LogP contribution in [0.1, 0.15) is 25.0 Å². The molecule has 0 bridgehead atoms. The lowest BCUT2D eigenvalue weighted by Gasteiger charge is -2.21. The number of nitrogens with two attached hydrogens (primary N) is 1. The summed E-state index contributed by atoms with van der Waals surface area (Å²) in [6, 6.07) is 3.95. The highest BCUT2D eigenvalue weighted by Gasteiger charge is 2.28. The van der Waals surface area contributed by atoms with Crippen LogP contribution in [0.4, 0.5) is 0 Å². The molecule has 88 valence electrons. The van der Waals surface area contributed by atoms with Crippen LogP contribution in [-0.4, -0.2) is 13.9 Å². The van der Waals surface area contributed by atoms with Crippen molar-refractivity contribution in [3.8, 4) is 11.5 Å². The average molecular weight is 223 g/mol. The fraction of sp³-hybridized carbons (Fsp3) is 0.500. The lowest BCUT2D eigenvalue weighted by molar-refractivity contribution is 0.162. The first kappa shape index (κ1) is 11.2. The highest BCUT2D eigenvalue weighted by atomic mass is 16.7. The van der Waals surface area contributed by atoms with Crippen molar-refractivity contribution in [3.05, 3.63) is 23.3 Å². The molecule has 1 heterocycles. The summed E-state index contributed by atoms with van der Waals surface area (Å²) in [5, 5.41) is 0. The Hall–Kier alpha value is -1.26. The van der Waals surface area contributed by atoms with Gasteiger partial charge in [-0.3, -0.25) is 0 Å². The molecule has 0 radical (unpaired) electrons. The summed E-state index contributed by atoms with van der Waals surface area (Å²) >= 11 is 0. The fourth-order valence-corrected chi connectivity index (χ4v) is 1.83. The zero-order valence-corrected chi connectivity index (χ0v) is 9.87. The van der Waals surface area contributed by atoms with Gasteiger partial charge in [0.05, 0.1) is 6.61 Å². The van der Waals surface area contributed by atoms with Crippen molar-refractivity contribution in [2.75, 3.05) is 13.9 Å². The molecule has 4 nitrogen and oxygen atoms in total. The minimum Gasteiger partial charge on any atom is -0.453 e. The maximum Gasteiger partial charge on any atom is 0.231 e. The summed E-state index contributed by atoms with van der Waals surface area (Å²) in [6.07, 6.45) is 0. The second kappa shape index (κ2) is 3.96. The maximum absolute atomic E-state index is 6.09. The number of methoxy groups -OCH3 is 1. The van der Waals surface area contributed by atoms with Crippen molar-refractivity contribution in [2.45, 2.75) is 26.0 Å². The summed E-state index contributed by atoms with van der Waals surface area (Å²) in [6.45, 7) is 4.65. The molecule has 0 saturated carbocycles. The summed E-state index contributed by atoms with van der Waals surface area (Å²) in [5.74, 6) is 1.51. The van der Waals surface area contributed by atoms with Gasteiger partial charge in [0.1, 0.15) is 0 Å². The number of hydrogen-bond donors (Lipinski definition) is 1. The van der Waals surface area contributed by atoms with Crippen molar-refractivity contribution < 1.29 is 14.2 Å². The molecule has 0 saturated heterocycles. The van der Waals surface area contributed by atoms with Crippen molar-refractivity contribution in [1.29, 1.82) is 0 Å². The first-order valence-electron chi connectivity index (χ1n) is 5.24. The Bertz CT molecular complexity index is 396. The molecule has 0 amide bonds. The Labute approximate surface area is 95.3 Å². The Morgan fingerprint density at radius 2 is 2.00 bits per heavy atom. The molecule has 16 heavy (non-hydrogen) atoms. The van der Waals surface area contributed by atoms with Crippen LogP contribution in [0.3, 0.4) is 0 Å². The average Bonchev–Trinajstić information content (AvgIpc) is 2.65. The van der Waals surface area contributed by atoms with Crippen molar-refractivity contribution in [3.63, 3.8) is 0 Å². The van der Waals surface area contributed by atoms with Crippen LogP contribution in [0.25, 0.3) is 0 Å². The third-order valence-electron chi connectivity index (χ3n) is 2.59. The summed E-state index contributed by atoms with van der Waals surface area (Å²) in [7, 11) is 1.66. The van der Waals surface area contributed by atoms with Gasteiger partial charge in [0, 0.05) is 23.8 Å². The van der Waals surface area contributed by atoms with Crippen LogP contribution >= 0.6 is 0 Å². The molecule has 0 atom stereocenters. The van der Waals surface area contributed by atoms with Crippen molar-refractivity contribution in [2.24, 2.45) is 5.73 Å². The number of rotatable bonds is 3. The van der Waals surface area contributed by atoms with E-state index in [0.717, 1.165) is 22.6 Å². The zero-order valence-electron chi connectivity index (χ0n) is 9.87. The van der Waals surface area contributed by atoms with Gasteiger partial charge < -0.3 is 19.9 Å². The molecule has 1 aliphatic rings. The standard InChI is InChI=1S/C12H17NO3/c1-12(2,13)9-5-4-8(6-14-3)10-11(9)16-7-15-10/h4-5H,6-7,13H2,1-3H3. The number of hydrogen-bond acceptors (Lipinski definition) is 4. The van der Waals surface area contributed by atoms with Crippen LogP contribution in [0.5, 0.6) is 11.5 Å². The smallest absolute Gasteiger partial charge is 0.231 e. The first-order chi connectivity index (χ1) is 7.54. The van der Waals surface area contributed by atoms with E-state index in [9.17, 15) is 0 Å². The minimum atomic E-state index is -0.441. The number of ether oxygens (including phenoxy) is 3. The Balaban J connectivity index is 2.49. The third kappa shape index (κ3) is 1.86. The van der Waals surface area contributed by atoms with Crippen LogP contribution in [0.2, 0.25) is 0 Å². The molecule has 0 aliphatic carbocycles.